The average Bonchev–Trinajstić information content (AvgIpc) is 2.49. The summed E-state index contributed by atoms with van der Waals surface area (Å²) in [5.41, 5.74) is 11.5. The van der Waals surface area contributed by atoms with Gasteiger partial charge >= 0.3 is 0 Å². The van der Waals surface area contributed by atoms with Crippen LogP contribution in [0, 0.1) is 41.5 Å². The van der Waals surface area contributed by atoms with Gasteiger partial charge in [0.2, 0.25) is 0 Å². The van der Waals surface area contributed by atoms with Crippen molar-refractivity contribution in [3.05, 3.63) is 57.6 Å². The van der Waals surface area contributed by atoms with E-state index in [0.29, 0.717) is 0 Å². The summed E-state index contributed by atoms with van der Waals surface area (Å²) < 4.78 is 0. The predicted octanol–water partition coefficient (Wildman–Crippen LogP) is 6.42. The molecule has 0 aliphatic heterocycles. The Labute approximate surface area is 146 Å². The van der Waals surface area contributed by atoms with Crippen LogP contribution in [0.15, 0.2) is 34.3 Å². The van der Waals surface area contributed by atoms with Crippen LogP contribution in [0.3, 0.4) is 0 Å². The lowest BCUT2D eigenvalue weighted by molar-refractivity contribution is 1.27. The third kappa shape index (κ3) is 4.00. The Morgan fingerprint density at radius 2 is 0.917 bits per heavy atom. The lowest BCUT2D eigenvalue weighted by Crippen LogP contribution is -2.05. The molecule has 0 bridgehead atoms. The predicted molar refractivity (Wildman–Crippen MR) is 107 cm³/mol. The first-order chi connectivity index (χ1) is 11.2. The highest BCUT2D eigenvalue weighted by Gasteiger charge is 2.06. The third-order valence-electron chi connectivity index (χ3n) is 4.67. The number of nitrogens with zero attached hydrogens (tertiary/aromatic N) is 2. The van der Waals surface area contributed by atoms with Crippen LogP contribution >= 0.6 is 0 Å². The molecule has 0 aliphatic carbocycles. The maximum absolute atomic E-state index is 4.84. The molecule has 0 atom stereocenters. The Morgan fingerprint density at radius 3 is 1.25 bits per heavy atom. The fourth-order valence-corrected chi connectivity index (χ4v) is 2.79. The number of hydrogen-bond donors (Lipinski definition) is 0. The first-order valence-electron chi connectivity index (χ1n) is 8.45. The van der Waals surface area contributed by atoms with Gasteiger partial charge in [-0.25, -0.2) is 0 Å². The minimum atomic E-state index is 0.960. The van der Waals surface area contributed by atoms with Gasteiger partial charge < -0.3 is 0 Å². The quantitative estimate of drug-likeness (QED) is 0.583. The highest BCUT2D eigenvalue weighted by atomic mass is 14.8. The van der Waals surface area contributed by atoms with Crippen LogP contribution in [-0.2, 0) is 0 Å². The first-order valence-corrected chi connectivity index (χ1v) is 8.45. The van der Waals surface area contributed by atoms with Crippen LogP contribution in [-0.4, -0.2) is 11.4 Å². The van der Waals surface area contributed by atoms with E-state index < -0.39 is 0 Å². The van der Waals surface area contributed by atoms with Crippen molar-refractivity contribution < 1.29 is 0 Å². The van der Waals surface area contributed by atoms with Crippen molar-refractivity contribution in [2.75, 3.05) is 0 Å². The molecule has 0 amide bonds. The van der Waals surface area contributed by atoms with E-state index in [1.807, 2.05) is 13.8 Å². The molecular formula is C22H28N2. The van der Waals surface area contributed by atoms with E-state index in [9.17, 15) is 0 Å². The summed E-state index contributed by atoms with van der Waals surface area (Å²) in [5, 5.41) is 0. The lowest BCUT2D eigenvalue weighted by atomic mass is 10.0. The second-order valence-corrected chi connectivity index (χ2v) is 6.85. The molecule has 0 spiro atoms. The van der Waals surface area contributed by atoms with Crippen molar-refractivity contribution in [3.63, 3.8) is 0 Å². The largest absolute Gasteiger partial charge is 0.252 e. The van der Waals surface area contributed by atoms with Crippen LogP contribution in [0.1, 0.15) is 47.2 Å². The van der Waals surface area contributed by atoms with E-state index in [4.69, 9.17) is 9.98 Å². The molecule has 0 N–H and O–H groups in total. The Bertz CT molecular complexity index is 768. The van der Waals surface area contributed by atoms with Crippen molar-refractivity contribution in [3.8, 4) is 0 Å². The monoisotopic (exact) mass is 320 g/mol. The molecule has 0 saturated carbocycles. The topological polar surface area (TPSA) is 24.7 Å². The molecular weight excluding hydrogens is 292 g/mol. The minimum absolute atomic E-state index is 0.960. The molecule has 0 saturated heterocycles. The van der Waals surface area contributed by atoms with Gasteiger partial charge in [-0.05, 0) is 101 Å². The molecule has 2 aromatic rings. The maximum Gasteiger partial charge on any atom is 0.0668 e. The Hall–Kier alpha value is -2.22. The second-order valence-electron chi connectivity index (χ2n) is 6.85. The van der Waals surface area contributed by atoms with Gasteiger partial charge in [0.05, 0.1) is 22.8 Å². The summed E-state index contributed by atoms with van der Waals surface area (Å²) in [6.45, 7) is 16.8. The van der Waals surface area contributed by atoms with Crippen molar-refractivity contribution in [2.24, 2.45) is 9.98 Å². The van der Waals surface area contributed by atoms with Crippen LogP contribution in [0.2, 0.25) is 0 Å². The first kappa shape index (κ1) is 18.1. The number of hydrogen-bond acceptors (Lipinski definition) is 2. The zero-order chi connectivity index (χ0) is 18.0. The molecule has 0 aliphatic rings. The van der Waals surface area contributed by atoms with Gasteiger partial charge in [0.1, 0.15) is 0 Å². The average molecular weight is 320 g/mol. The lowest BCUT2D eigenvalue weighted by Gasteiger charge is -2.10. The van der Waals surface area contributed by atoms with E-state index >= 15 is 0 Å². The SMILES string of the molecule is CC(=N\c1cc(C)cc(C)c1C)/C(C)=N/c1cc(C)cc(C)c1C. The zero-order valence-corrected chi connectivity index (χ0v) is 16.2. The Balaban J connectivity index is 2.45. The van der Waals surface area contributed by atoms with Crippen molar-refractivity contribution in [1.82, 2.24) is 0 Å². The molecule has 0 aromatic heterocycles. The minimum Gasteiger partial charge on any atom is -0.252 e. The Morgan fingerprint density at radius 1 is 0.583 bits per heavy atom. The molecule has 2 heteroatoms. The van der Waals surface area contributed by atoms with Crippen LogP contribution in [0.4, 0.5) is 11.4 Å². The third-order valence-corrected chi connectivity index (χ3v) is 4.67. The Kier molecular flexibility index (Phi) is 5.38. The number of aliphatic imine (C=N–C) groups is 2. The second kappa shape index (κ2) is 7.12. The number of benzene rings is 2. The number of rotatable bonds is 3. The molecule has 0 heterocycles. The van der Waals surface area contributed by atoms with E-state index in [2.05, 4.69) is 65.8 Å². The maximum atomic E-state index is 4.84. The standard InChI is InChI=1S/C22H28N2/c1-13-9-15(3)17(5)21(11-13)23-19(7)20(8)24-22-12-14(2)10-16(4)18(22)6/h9-12H,1-8H3/b23-19+,24-20+. The van der Waals surface area contributed by atoms with Gasteiger partial charge in [-0.15, -0.1) is 0 Å². The molecule has 2 rings (SSSR count). The van der Waals surface area contributed by atoms with Gasteiger partial charge in [-0.2, -0.15) is 0 Å². The van der Waals surface area contributed by atoms with E-state index in [1.54, 1.807) is 0 Å². The summed E-state index contributed by atoms with van der Waals surface area (Å²) in [6, 6.07) is 8.68. The highest BCUT2D eigenvalue weighted by molar-refractivity contribution is 6.41. The fourth-order valence-electron chi connectivity index (χ4n) is 2.79. The van der Waals surface area contributed by atoms with Gasteiger partial charge in [0.15, 0.2) is 0 Å². The highest BCUT2D eigenvalue weighted by Crippen LogP contribution is 2.26. The van der Waals surface area contributed by atoms with E-state index in [1.165, 1.54) is 33.4 Å². The summed E-state index contributed by atoms with van der Waals surface area (Å²) in [7, 11) is 0. The summed E-state index contributed by atoms with van der Waals surface area (Å²) in [6.07, 6.45) is 0. The van der Waals surface area contributed by atoms with E-state index in [0.717, 1.165) is 22.8 Å². The summed E-state index contributed by atoms with van der Waals surface area (Å²) in [4.78, 5) is 9.67. The molecule has 24 heavy (non-hydrogen) atoms. The molecule has 2 aromatic carbocycles. The normalized spacial score (nSPS) is 12.7. The van der Waals surface area contributed by atoms with Crippen LogP contribution in [0.25, 0.3) is 0 Å². The fraction of sp³-hybridized carbons (Fsp3) is 0.364. The van der Waals surface area contributed by atoms with Crippen molar-refractivity contribution in [1.29, 1.82) is 0 Å². The van der Waals surface area contributed by atoms with Crippen LogP contribution in [0.5, 0.6) is 0 Å². The number of aryl methyl sites for hydroxylation is 4. The molecule has 0 radical (unpaired) electrons. The summed E-state index contributed by atoms with van der Waals surface area (Å²) in [5.74, 6) is 0. The summed E-state index contributed by atoms with van der Waals surface area (Å²) >= 11 is 0. The van der Waals surface area contributed by atoms with Gasteiger partial charge in [-0.1, -0.05) is 12.1 Å². The molecule has 0 fully saturated rings. The molecule has 126 valence electrons. The van der Waals surface area contributed by atoms with E-state index in [-0.39, 0.29) is 0 Å². The molecule has 0 unspecified atom stereocenters. The van der Waals surface area contributed by atoms with Gasteiger partial charge in [0, 0.05) is 0 Å². The van der Waals surface area contributed by atoms with Crippen molar-refractivity contribution >= 4 is 22.8 Å². The smallest absolute Gasteiger partial charge is 0.0668 e. The van der Waals surface area contributed by atoms with Gasteiger partial charge in [0.25, 0.3) is 0 Å². The van der Waals surface area contributed by atoms with Crippen LogP contribution < -0.4 is 0 Å². The molecule has 2 nitrogen and oxygen atoms in total. The van der Waals surface area contributed by atoms with Crippen molar-refractivity contribution in [2.45, 2.75) is 55.4 Å². The zero-order valence-electron chi connectivity index (χ0n) is 16.2. The van der Waals surface area contributed by atoms with Gasteiger partial charge in [-0.3, -0.25) is 9.98 Å².